The topological polar surface area (TPSA) is 142 Å². The van der Waals surface area contributed by atoms with Crippen LogP contribution in [0, 0.1) is 0 Å². The van der Waals surface area contributed by atoms with E-state index in [-0.39, 0.29) is 36.4 Å². The summed E-state index contributed by atoms with van der Waals surface area (Å²) in [5.41, 5.74) is -8.38. The van der Waals surface area contributed by atoms with Crippen molar-refractivity contribution >= 4 is 27.2 Å². The van der Waals surface area contributed by atoms with E-state index in [0.29, 0.717) is 27.5 Å². The second kappa shape index (κ2) is 16.4. The third-order valence-corrected chi connectivity index (χ3v) is 7.75. The van der Waals surface area contributed by atoms with E-state index in [9.17, 15) is 97.0 Å². The van der Waals surface area contributed by atoms with Gasteiger partial charge in [-0.05, 0) is 36.4 Å². The quantitative estimate of drug-likeness (QED) is 0.120. The molecule has 0 bridgehead atoms. The standard InChI is InChI=1S/C14H8F9N3O.C8H5F6N.C7H7F3N2O3S/c1-26-10(27)5-9(14(21,22)23)25-11(26)24-8-4-6(12(15,16)17)2-3-7(8)13(18,19)20;9-7(10,11)4-1-2-5(6(15)3-4)8(12,13)14;1-12-5(13)3-4(7(8,9)10)11-6(12)16(2,14)15/h2-5H,1H3,(H,24,25);1-3H,15H2;3H,1-2H3. The minimum absolute atomic E-state index is 0.0647. The molecule has 0 spiro atoms. The predicted octanol–water partition coefficient (Wildman–Crippen LogP) is 8.09. The summed E-state index contributed by atoms with van der Waals surface area (Å²) in [4.78, 5) is 28.6. The lowest BCUT2D eigenvalue weighted by molar-refractivity contribution is -0.142. The van der Waals surface area contributed by atoms with Gasteiger partial charge in [0.15, 0.2) is 11.4 Å². The zero-order valence-electron chi connectivity index (χ0n) is 28.3. The van der Waals surface area contributed by atoms with Gasteiger partial charge in [-0.3, -0.25) is 18.7 Å². The third kappa shape index (κ3) is 12.7. The molecule has 322 valence electrons. The zero-order valence-corrected chi connectivity index (χ0v) is 29.1. The Morgan fingerprint density at radius 2 is 0.948 bits per heavy atom. The average Bonchev–Trinajstić information content (AvgIpc) is 3.01. The normalized spacial score (nSPS) is 12.9. The van der Waals surface area contributed by atoms with Gasteiger partial charge in [-0.15, -0.1) is 0 Å². The molecule has 2 aromatic heterocycles. The van der Waals surface area contributed by atoms with Crippen molar-refractivity contribution in [2.75, 3.05) is 17.3 Å². The molecule has 4 aromatic rings. The van der Waals surface area contributed by atoms with Gasteiger partial charge in [-0.25, -0.2) is 18.4 Å². The van der Waals surface area contributed by atoms with Crippen molar-refractivity contribution in [2.24, 2.45) is 14.1 Å². The van der Waals surface area contributed by atoms with Gasteiger partial charge in [0, 0.05) is 38.2 Å². The van der Waals surface area contributed by atoms with Crippen LogP contribution in [0.1, 0.15) is 33.6 Å². The summed E-state index contributed by atoms with van der Waals surface area (Å²) in [5, 5.41) is 0.835. The van der Waals surface area contributed by atoms with Crippen LogP contribution in [0.5, 0.6) is 0 Å². The van der Waals surface area contributed by atoms with Crippen LogP contribution < -0.4 is 22.2 Å². The number of benzene rings is 2. The summed E-state index contributed by atoms with van der Waals surface area (Å²) in [6.45, 7) is 0. The highest BCUT2D eigenvalue weighted by atomic mass is 32.2. The van der Waals surface area contributed by atoms with E-state index in [0.717, 1.165) is 14.1 Å². The van der Waals surface area contributed by atoms with E-state index in [1.54, 1.807) is 5.32 Å². The number of hydrogen-bond donors (Lipinski definition) is 2. The molecule has 58 heavy (non-hydrogen) atoms. The van der Waals surface area contributed by atoms with Gasteiger partial charge < -0.3 is 11.1 Å². The highest BCUT2D eigenvalue weighted by molar-refractivity contribution is 7.90. The number of nitrogens with zero attached hydrogens (tertiary/aromatic N) is 4. The van der Waals surface area contributed by atoms with Crippen molar-refractivity contribution in [1.82, 2.24) is 19.1 Å². The molecule has 0 saturated carbocycles. The zero-order chi connectivity index (χ0) is 45.4. The summed E-state index contributed by atoms with van der Waals surface area (Å²) in [5.74, 6) is -1.01. The summed E-state index contributed by atoms with van der Waals surface area (Å²) in [7, 11) is -2.07. The maximum absolute atomic E-state index is 13.0. The second-order valence-corrected chi connectivity index (χ2v) is 13.0. The van der Waals surface area contributed by atoms with Gasteiger partial charge in [0.1, 0.15) is 0 Å². The van der Waals surface area contributed by atoms with Crippen molar-refractivity contribution < 1.29 is 87.4 Å². The number of rotatable bonds is 3. The maximum Gasteiger partial charge on any atom is 0.433 e. The molecule has 0 radical (unpaired) electrons. The first kappa shape index (κ1) is 48.6. The van der Waals surface area contributed by atoms with Crippen LogP contribution in [0.2, 0.25) is 0 Å². The molecule has 0 atom stereocenters. The lowest BCUT2D eigenvalue weighted by atomic mass is 10.1. The molecule has 0 amide bonds. The smallest absolute Gasteiger partial charge is 0.398 e. The summed E-state index contributed by atoms with van der Waals surface area (Å²) in [6, 6.07) is 1.63. The molecular formula is C29H20F18N6O4S. The molecule has 2 heterocycles. The van der Waals surface area contributed by atoms with Crippen molar-refractivity contribution in [1.29, 1.82) is 0 Å². The van der Waals surface area contributed by atoms with Crippen LogP contribution in [0.4, 0.5) is 96.4 Å². The summed E-state index contributed by atoms with van der Waals surface area (Å²) in [6.07, 6.45) is -28.8. The number of halogens is 18. The van der Waals surface area contributed by atoms with E-state index in [4.69, 9.17) is 5.73 Å². The number of sulfone groups is 1. The van der Waals surface area contributed by atoms with Crippen LogP contribution in [0.15, 0.2) is 63.3 Å². The number of aromatic nitrogens is 4. The first-order valence-electron chi connectivity index (χ1n) is 14.4. The van der Waals surface area contributed by atoms with E-state index in [1.807, 2.05) is 0 Å². The van der Waals surface area contributed by atoms with Gasteiger partial charge in [0.2, 0.25) is 20.9 Å². The fraction of sp³-hybridized carbons (Fsp3) is 0.310. The fourth-order valence-electron chi connectivity index (χ4n) is 3.98. The number of anilines is 3. The highest BCUT2D eigenvalue weighted by Gasteiger charge is 2.39. The highest BCUT2D eigenvalue weighted by Crippen LogP contribution is 2.40. The Kier molecular flexibility index (Phi) is 13.7. The van der Waals surface area contributed by atoms with E-state index >= 15 is 0 Å². The molecule has 0 aliphatic carbocycles. The first-order valence-corrected chi connectivity index (χ1v) is 16.2. The van der Waals surface area contributed by atoms with Crippen LogP contribution in [0.25, 0.3) is 0 Å². The number of alkyl halides is 18. The third-order valence-electron chi connectivity index (χ3n) is 6.72. The molecule has 0 saturated heterocycles. The van der Waals surface area contributed by atoms with Gasteiger partial charge in [-0.1, -0.05) is 0 Å². The number of nitrogen functional groups attached to an aromatic ring is 1. The van der Waals surface area contributed by atoms with Crippen LogP contribution in [-0.4, -0.2) is 33.8 Å². The number of nitrogens with two attached hydrogens (primary N) is 1. The van der Waals surface area contributed by atoms with Crippen molar-refractivity contribution in [3.8, 4) is 0 Å². The Morgan fingerprint density at radius 3 is 1.33 bits per heavy atom. The molecule has 0 fully saturated rings. The van der Waals surface area contributed by atoms with Gasteiger partial charge >= 0.3 is 37.1 Å². The first-order chi connectivity index (χ1) is 25.8. The Labute approximate surface area is 310 Å². The number of nitrogens with one attached hydrogen (secondary N) is 1. The summed E-state index contributed by atoms with van der Waals surface area (Å²) >= 11 is 0. The largest absolute Gasteiger partial charge is 0.433 e. The summed E-state index contributed by atoms with van der Waals surface area (Å²) < 4.78 is 248. The molecule has 29 heteroatoms. The van der Waals surface area contributed by atoms with Crippen LogP contribution >= 0.6 is 0 Å². The molecule has 2 aromatic carbocycles. The van der Waals surface area contributed by atoms with Crippen molar-refractivity contribution in [3.63, 3.8) is 0 Å². The lowest BCUT2D eigenvalue weighted by Gasteiger charge is -2.18. The molecule has 4 rings (SSSR count). The maximum atomic E-state index is 13.0. The van der Waals surface area contributed by atoms with E-state index in [1.165, 1.54) is 0 Å². The predicted molar refractivity (Wildman–Crippen MR) is 163 cm³/mol. The SMILES string of the molecule is Cn1c(Nc2cc(C(F)(F)F)ccc2C(F)(F)F)nc(C(F)(F)F)cc1=O.Cn1c(S(C)(=O)=O)nc(C(F)(F)F)cc1=O.Nc1cc(C(F)(F)F)ccc1C(F)(F)F. The molecular weight excluding hydrogens is 870 g/mol. The Bertz CT molecular complexity index is 2360. The Hall–Kier alpha value is -5.51. The molecule has 10 nitrogen and oxygen atoms in total. The second-order valence-electron chi connectivity index (χ2n) is 11.1. The fourth-order valence-corrected chi connectivity index (χ4v) is 4.83. The molecule has 0 aliphatic heterocycles. The minimum atomic E-state index is -5.12. The number of hydrogen-bond acceptors (Lipinski definition) is 8. The van der Waals surface area contributed by atoms with E-state index < -0.39 is 114 Å². The van der Waals surface area contributed by atoms with Crippen molar-refractivity contribution in [3.05, 3.63) is 103 Å². The van der Waals surface area contributed by atoms with Crippen LogP contribution in [0.3, 0.4) is 0 Å². The lowest BCUT2D eigenvalue weighted by Crippen LogP contribution is -2.27. The molecule has 0 unspecified atom stereocenters. The van der Waals surface area contributed by atoms with Gasteiger partial charge in [-0.2, -0.15) is 79.0 Å². The van der Waals surface area contributed by atoms with Gasteiger partial charge in [0.05, 0.1) is 27.9 Å². The average molecular weight is 891 g/mol. The minimum Gasteiger partial charge on any atom is -0.398 e. The Balaban J connectivity index is 0.000000321. The van der Waals surface area contributed by atoms with E-state index in [2.05, 4.69) is 9.97 Å². The monoisotopic (exact) mass is 890 g/mol. The van der Waals surface area contributed by atoms with Crippen LogP contribution in [-0.2, 0) is 61.0 Å². The molecule has 0 aliphatic rings. The molecule has 3 N–H and O–H groups in total. The Morgan fingerprint density at radius 1 is 0.552 bits per heavy atom. The van der Waals surface area contributed by atoms with Crippen molar-refractivity contribution in [2.45, 2.75) is 42.2 Å². The van der Waals surface area contributed by atoms with Gasteiger partial charge in [0.25, 0.3) is 11.1 Å².